The van der Waals surface area contributed by atoms with Crippen molar-refractivity contribution in [1.29, 1.82) is 0 Å². The molecule has 198 valence electrons. The molecule has 0 heterocycles. The molecule has 1 N–H and O–H groups in total. The first-order chi connectivity index (χ1) is 17.2. The molecule has 2 aliphatic carbocycles. The van der Waals surface area contributed by atoms with E-state index in [-0.39, 0.29) is 35.9 Å². The number of carbonyl (C=O) groups is 3. The average Bonchev–Trinajstić information content (AvgIpc) is 2.82. The normalized spacial score (nSPS) is 27.9. The summed E-state index contributed by atoms with van der Waals surface area (Å²) in [7, 11) is 0. The van der Waals surface area contributed by atoms with Crippen molar-refractivity contribution in [1.82, 2.24) is 0 Å². The highest BCUT2D eigenvalue weighted by Gasteiger charge is 2.73. The van der Waals surface area contributed by atoms with Crippen molar-refractivity contribution in [3.05, 3.63) is 76.4 Å². The molecule has 2 fully saturated rings. The van der Waals surface area contributed by atoms with Gasteiger partial charge in [-0.15, -0.1) is 0 Å². The van der Waals surface area contributed by atoms with Crippen molar-refractivity contribution < 1.29 is 19.5 Å². The Labute approximate surface area is 222 Å². The minimum atomic E-state index is -1.45. The Kier molecular flexibility index (Phi) is 8.02. The molecule has 37 heavy (non-hydrogen) atoms. The maximum absolute atomic E-state index is 14.7. The van der Waals surface area contributed by atoms with Gasteiger partial charge in [-0.2, -0.15) is 0 Å². The van der Waals surface area contributed by atoms with Crippen LogP contribution in [0.5, 0.6) is 0 Å². The summed E-state index contributed by atoms with van der Waals surface area (Å²) in [4.78, 5) is 43.6. The second-order valence-electron chi connectivity index (χ2n) is 12.2. The standard InChI is InChI=1S/C33H42O4/c1-21(2)14-15-25-20-32(18-16-22(3)4)28(35)26(27(34)24-12-10-9-11-13-24)29(36)33(30(32)37,31(25,7)8)19-17-23(5)6/h9-14,16-17,25,34H,15,18-20H2,1-8H3/t25-,32-,33+/m1/s1. The fourth-order valence-electron chi connectivity index (χ4n) is 6.13. The van der Waals surface area contributed by atoms with E-state index < -0.39 is 27.8 Å². The maximum atomic E-state index is 14.7. The van der Waals surface area contributed by atoms with E-state index >= 15 is 0 Å². The van der Waals surface area contributed by atoms with Gasteiger partial charge in [0.15, 0.2) is 17.3 Å². The van der Waals surface area contributed by atoms with Crippen molar-refractivity contribution in [3.8, 4) is 0 Å². The van der Waals surface area contributed by atoms with Gasteiger partial charge in [-0.1, -0.05) is 79.1 Å². The third-order valence-corrected chi connectivity index (χ3v) is 8.58. The summed E-state index contributed by atoms with van der Waals surface area (Å²) in [6, 6.07) is 8.70. The number of hydrogen-bond acceptors (Lipinski definition) is 4. The molecule has 0 saturated heterocycles. The molecular weight excluding hydrogens is 460 g/mol. The molecule has 2 saturated carbocycles. The van der Waals surface area contributed by atoms with Crippen molar-refractivity contribution in [2.75, 3.05) is 0 Å². The van der Waals surface area contributed by atoms with Crippen molar-refractivity contribution >= 4 is 23.1 Å². The van der Waals surface area contributed by atoms with Gasteiger partial charge in [0.2, 0.25) is 0 Å². The Morgan fingerprint density at radius 1 is 0.838 bits per heavy atom. The molecule has 4 nitrogen and oxygen atoms in total. The molecule has 1 aromatic carbocycles. The molecule has 2 bridgehead atoms. The zero-order valence-corrected chi connectivity index (χ0v) is 23.7. The number of hydrogen-bond donors (Lipinski definition) is 1. The van der Waals surface area contributed by atoms with Crippen LogP contribution in [0, 0.1) is 22.2 Å². The van der Waals surface area contributed by atoms with Crippen LogP contribution in [0.1, 0.15) is 86.6 Å². The minimum Gasteiger partial charge on any atom is -0.506 e. The third kappa shape index (κ3) is 4.71. The van der Waals surface area contributed by atoms with Crippen molar-refractivity contribution in [3.63, 3.8) is 0 Å². The van der Waals surface area contributed by atoms with Crippen LogP contribution in [0.15, 0.2) is 70.9 Å². The summed E-state index contributed by atoms with van der Waals surface area (Å²) in [5.41, 5.74) is -0.236. The highest BCUT2D eigenvalue weighted by molar-refractivity contribution is 6.41. The Morgan fingerprint density at radius 2 is 1.38 bits per heavy atom. The third-order valence-electron chi connectivity index (χ3n) is 8.58. The molecule has 1 aromatic rings. The zero-order chi connectivity index (χ0) is 27.8. The van der Waals surface area contributed by atoms with Crippen LogP contribution in [-0.4, -0.2) is 22.5 Å². The number of rotatable bonds is 7. The predicted octanol–water partition coefficient (Wildman–Crippen LogP) is 7.76. The highest BCUT2D eigenvalue weighted by Crippen LogP contribution is 2.65. The number of allylic oxidation sites excluding steroid dienone is 7. The topological polar surface area (TPSA) is 71.4 Å². The van der Waals surface area contributed by atoms with Gasteiger partial charge < -0.3 is 5.11 Å². The first-order valence-electron chi connectivity index (χ1n) is 13.3. The van der Waals surface area contributed by atoms with Gasteiger partial charge in [0, 0.05) is 5.56 Å². The van der Waals surface area contributed by atoms with E-state index in [2.05, 4.69) is 6.08 Å². The molecule has 0 aliphatic heterocycles. The molecule has 0 aromatic heterocycles. The van der Waals surface area contributed by atoms with Gasteiger partial charge in [0.05, 0.1) is 5.41 Å². The number of Topliss-reactive ketones (excluding diaryl/α,β-unsaturated/α-hetero) is 3. The number of aliphatic hydroxyl groups is 1. The monoisotopic (exact) mass is 502 g/mol. The number of aliphatic hydroxyl groups excluding tert-OH is 1. The molecule has 2 aliphatic rings. The first kappa shape index (κ1) is 28.6. The summed E-state index contributed by atoms with van der Waals surface area (Å²) in [6.07, 6.45) is 7.49. The Hall–Kier alpha value is -3.01. The molecular formula is C33H42O4. The van der Waals surface area contributed by atoms with Gasteiger partial charge in [0.25, 0.3) is 0 Å². The fraction of sp³-hybridized carbons (Fsp3) is 0.485. The van der Waals surface area contributed by atoms with Crippen LogP contribution in [0.2, 0.25) is 0 Å². The quantitative estimate of drug-likeness (QED) is 0.136. The molecule has 0 unspecified atom stereocenters. The Bertz CT molecular complexity index is 1210. The molecule has 0 amide bonds. The molecule has 3 atom stereocenters. The fourth-order valence-corrected chi connectivity index (χ4v) is 6.13. The second kappa shape index (κ2) is 10.4. The lowest BCUT2D eigenvalue weighted by Gasteiger charge is -2.60. The number of carbonyl (C=O) groups excluding carboxylic acids is 3. The van der Waals surface area contributed by atoms with E-state index in [9.17, 15) is 19.5 Å². The van der Waals surface area contributed by atoms with Gasteiger partial charge in [-0.05, 0) is 78.6 Å². The second-order valence-corrected chi connectivity index (χ2v) is 12.2. The number of ketones is 3. The number of benzene rings is 1. The smallest absolute Gasteiger partial charge is 0.184 e. The number of fused-ring (bicyclic) bond motifs is 2. The van der Waals surface area contributed by atoms with Gasteiger partial charge >= 0.3 is 0 Å². The lowest BCUT2D eigenvalue weighted by atomic mass is 9.38. The van der Waals surface area contributed by atoms with Crippen LogP contribution in [-0.2, 0) is 14.4 Å². The van der Waals surface area contributed by atoms with E-state index in [0.717, 1.165) is 16.7 Å². The zero-order valence-electron chi connectivity index (χ0n) is 23.7. The van der Waals surface area contributed by atoms with E-state index in [1.54, 1.807) is 24.3 Å². The molecule has 3 rings (SSSR count). The average molecular weight is 503 g/mol. The van der Waals surface area contributed by atoms with E-state index in [1.165, 1.54) is 0 Å². The lowest BCUT2D eigenvalue weighted by Crippen LogP contribution is -2.69. The van der Waals surface area contributed by atoms with E-state index in [1.807, 2.05) is 73.6 Å². The largest absolute Gasteiger partial charge is 0.506 e. The van der Waals surface area contributed by atoms with Gasteiger partial charge in [-0.3, -0.25) is 14.4 Å². The van der Waals surface area contributed by atoms with Gasteiger partial charge in [-0.25, -0.2) is 0 Å². The molecule has 0 spiro atoms. The highest BCUT2D eigenvalue weighted by atomic mass is 16.3. The summed E-state index contributed by atoms with van der Waals surface area (Å²) in [5, 5.41) is 11.4. The molecule has 0 radical (unpaired) electrons. The summed E-state index contributed by atoms with van der Waals surface area (Å²) in [5.74, 6) is -1.75. The van der Waals surface area contributed by atoms with Crippen LogP contribution in [0.4, 0.5) is 0 Å². The Morgan fingerprint density at radius 3 is 1.92 bits per heavy atom. The summed E-state index contributed by atoms with van der Waals surface area (Å²) in [6.45, 7) is 15.9. The maximum Gasteiger partial charge on any atom is 0.184 e. The van der Waals surface area contributed by atoms with Gasteiger partial charge in [0.1, 0.15) is 16.7 Å². The van der Waals surface area contributed by atoms with E-state index in [0.29, 0.717) is 18.4 Å². The van der Waals surface area contributed by atoms with Crippen LogP contribution < -0.4 is 0 Å². The summed E-state index contributed by atoms with van der Waals surface area (Å²) < 4.78 is 0. The Balaban J connectivity index is 2.43. The van der Waals surface area contributed by atoms with Crippen LogP contribution in [0.25, 0.3) is 5.76 Å². The van der Waals surface area contributed by atoms with Crippen LogP contribution in [0.3, 0.4) is 0 Å². The first-order valence-corrected chi connectivity index (χ1v) is 13.3. The predicted molar refractivity (Wildman–Crippen MR) is 150 cm³/mol. The van der Waals surface area contributed by atoms with Crippen molar-refractivity contribution in [2.45, 2.75) is 81.1 Å². The SMILES string of the molecule is CC(C)=CC[C@@H]1C[C@]2(CC=C(C)C)C(=O)C(=C(O)c3ccccc3)C(=O)[C@@](CC=C(C)C)(C2=O)C1(C)C. The minimum absolute atomic E-state index is 0.0652. The van der Waals surface area contributed by atoms with Crippen molar-refractivity contribution in [2.24, 2.45) is 22.2 Å². The van der Waals surface area contributed by atoms with E-state index in [4.69, 9.17) is 0 Å². The van der Waals surface area contributed by atoms with Crippen LogP contribution >= 0.6 is 0 Å². The molecule has 4 heteroatoms. The summed E-state index contributed by atoms with van der Waals surface area (Å²) >= 11 is 0. The lowest BCUT2D eigenvalue weighted by molar-refractivity contribution is -0.176.